The van der Waals surface area contributed by atoms with Crippen LogP contribution in [-0.4, -0.2) is 53.1 Å². The van der Waals surface area contributed by atoms with Gasteiger partial charge >= 0.3 is 5.97 Å². The van der Waals surface area contributed by atoms with Crippen molar-refractivity contribution in [2.75, 3.05) is 26.2 Å². The molecule has 20 heavy (non-hydrogen) atoms. The lowest BCUT2D eigenvalue weighted by Crippen LogP contribution is -2.52. The molecule has 5 heteroatoms. The topological polar surface area (TPSA) is 43.8 Å². The third-order valence-electron chi connectivity index (χ3n) is 4.16. The maximum Gasteiger partial charge on any atom is 0.320 e. The number of benzene rings is 1. The zero-order valence-electron chi connectivity index (χ0n) is 11.9. The summed E-state index contributed by atoms with van der Waals surface area (Å²) in [6.45, 7) is 7.19. The van der Waals surface area contributed by atoms with Crippen molar-refractivity contribution in [3.8, 4) is 0 Å². The molecule has 1 aromatic rings. The van der Waals surface area contributed by atoms with E-state index in [-0.39, 0.29) is 6.04 Å². The first-order valence-corrected chi connectivity index (χ1v) is 7.34. The van der Waals surface area contributed by atoms with Crippen LogP contribution < -0.4 is 0 Å². The average molecular weight is 297 g/mol. The van der Waals surface area contributed by atoms with Crippen LogP contribution in [0.15, 0.2) is 24.3 Å². The highest BCUT2D eigenvalue weighted by Crippen LogP contribution is 2.27. The average Bonchev–Trinajstić information content (AvgIpc) is 2.46. The number of rotatable bonds is 4. The van der Waals surface area contributed by atoms with E-state index in [2.05, 4.69) is 17.9 Å². The maximum absolute atomic E-state index is 11.0. The lowest BCUT2D eigenvalue weighted by Gasteiger charge is -2.39. The Bertz CT molecular complexity index is 473. The van der Waals surface area contributed by atoms with Crippen molar-refractivity contribution in [2.24, 2.45) is 0 Å². The zero-order valence-corrected chi connectivity index (χ0v) is 12.7. The second-order valence-corrected chi connectivity index (χ2v) is 5.69. The minimum absolute atomic E-state index is 0.256. The highest BCUT2D eigenvalue weighted by atomic mass is 35.5. The molecule has 110 valence electrons. The predicted octanol–water partition coefficient (Wildman–Crippen LogP) is 2.49. The Morgan fingerprint density at radius 3 is 2.25 bits per heavy atom. The van der Waals surface area contributed by atoms with Crippen molar-refractivity contribution in [1.29, 1.82) is 0 Å². The first-order chi connectivity index (χ1) is 9.50. The van der Waals surface area contributed by atoms with Gasteiger partial charge in [0.2, 0.25) is 0 Å². The molecule has 0 saturated carbocycles. The molecule has 2 rings (SSSR count). The van der Waals surface area contributed by atoms with Gasteiger partial charge in [-0.2, -0.15) is 0 Å². The summed E-state index contributed by atoms with van der Waals surface area (Å²) in [5.74, 6) is -0.752. The Balaban J connectivity index is 1.97. The zero-order chi connectivity index (χ0) is 14.7. The minimum Gasteiger partial charge on any atom is -0.480 e. The number of aliphatic carboxylic acids is 1. The normalized spacial score (nSPS) is 20.6. The van der Waals surface area contributed by atoms with Gasteiger partial charge < -0.3 is 5.11 Å². The minimum atomic E-state index is -0.752. The molecule has 1 aromatic carbocycles. The van der Waals surface area contributed by atoms with Gasteiger partial charge in [-0.25, -0.2) is 0 Å². The third kappa shape index (κ3) is 3.32. The maximum atomic E-state index is 11.0. The molecule has 0 unspecified atom stereocenters. The number of carboxylic acids is 1. The molecule has 0 bridgehead atoms. The van der Waals surface area contributed by atoms with E-state index in [1.807, 2.05) is 23.1 Å². The smallest absolute Gasteiger partial charge is 0.320 e. The van der Waals surface area contributed by atoms with E-state index < -0.39 is 12.0 Å². The van der Waals surface area contributed by atoms with Crippen molar-refractivity contribution in [2.45, 2.75) is 25.9 Å². The van der Waals surface area contributed by atoms with Crippen LogP contribution in [0.25, 0.3) is 0 Å². The molecule has 0 spiro atoms. The molecule has 1 fully saturated rings. The van der Waals surface area contributed by atoms with E-state index in [0.717, 1.165) is 36.8 Å². The second kappa shape index (κ2) is 6.57. The van der Waals surface area contributed by atoms with Gasteiger partial charge in [-0.3, -0.25) is 14.6 Å². The van der Waals surface area contributed by atoms with E-state index in [1.165, 1.54) is 0 Å². The number of nitrogens with zero attached hydrogens (tertiary/aromatic N) is 2. The number of hydrogen-bond acceptors (Lipinski definition) is 3. The van der Waals surface area contributed by atoms with Crippen LogP contribution in [0.2, 0.25) is 5.02 Å². The van der Waals surface area contributed by atoms with Crippen LogP contribution in [0.4, 0.5) is 0 Å². The fraction of sp³-hybridized carbons (Fsp3) is 0.533. The quantitative estimate of drug-likeness (QED) is 0.927. The predicted molar refractivity (Wildman–Crippen MR) is 80.1 cm³/mol. The van der Waals surface area contributed by atoms with Gasteiger partial charge in [-0.05, 0) is 25.5 Å². The summed E-state index contributed by atoms with van der Waals surface area (Å²) in [6.07, 6.45) is 0. The molecule has 1 N–H and O–H groups in total. The van der Waals surface area contributed by atoms with E-state index in [4.69, 9.17) is 16.7 Å². The van der Waals surface area contributed by atoms with Gasteiger partial charge in [0, 0.05) is 37.2 Å². The summed E-state index contributed by atoms with van der Waals surface area (Å²) in [5.41, 5.74) is 1.13. The van der Waals surface area contributed by atoms with Crippen LogP contribution >= 0.6 is 11.6 Å². The monoisotopic (exact) mass is 296 g/mol. The van der Waals surface area contributed by atoms with Crippen LogP contribution in [0.5, 0.6) is 0 Å². The number of hydrogen-bond donors (Lipinski definition) is 1. The van der Waals surface area contributed by atoms with Crippen LogP contribution in [0.1, 0.15) is 25.5 Å². The lowest BCUT2D eigenvalue weighted by atomic mass is 10.1. The summed E-state index contributed by atoms with van der Waals surface area (Å²) in [5, 5.41) is 9.84. The molecule has 1 aliphatic rings. The molecule has 0 aliphatic carbocycles. The van der Waals surface area contributed by atoms with Gasteiger partial charge in [0.05, 0.1) is 0 Å². The van der Waals surface area contributed by atoms with Crippen LogP contribution in [-0.2, 0) is 4.79 Å². The van der Waals surface area contributed by atoms with Gasteiger partial charge in [-0.1, -0.05) is 29.8 Å². The van der Waals surface area contributed by atoms with Gasteiger partial charge in [0.1, 0.15) is 6.04 Å². The number of carbonyl (C=O) groups is 1. The molecule has 0 amide bonds. The SMILES string of the molecule is C[C@H](C(=O)O)N1CCN([C@H](C)c2ccccc2Cl)CC1. The molecule has 0 aromatic heterocycles. The standard InChI is InChI=1S/C15H21ClN2O2/c1-11(13-5-3-4-6-14(13)16)17-7-9-18(10-8-17)12(2)15(19)20/h3-6,11-12H,7-10H2,1-2H3,(H,19,20)/t11-,12-/m1/s1. The van der Waals surface area contributed by atoms with Crippen molar-refractivity contribution >= 4 is 17.6 Å². The van der Waals surface area contributed by atoms with E-state index in [0.29, 0.717) is 0 Å². The molecule has 4 nitrogen and oxygen atoms in total. The van der Waals surface area contributed by atoms with E-state index in [1.54, 1.807) is 6.92 Å². The number of piperazine rings is 1. The number of halogens is 1. The summed E-state index contributed by atoms with van der Waals surface area (Å²) < 4.78 is 0. The van der Waals surface area contributed by atoms with Crippen LogP contribution in [0, 0.1) is 0 Å². The second-order valence-electron chi connectivity index (χ2n) is 5.28. The fourth-order valence-corrected chi connectivity index (χ4v) is 2.97. The molecular weight excluding hydrogens is 276 g/mol. The molecule has 1 aliphatic heterocycles. The third-order valence-corrected chi connectivity index (χ3v) is 4.50. The fourth-order valence-electron chi connectivity index (χ4n) is 2.68. The van der Waals surface area contributed by atoms with Gasteiger partial charge in [0.25, 0.3) is 0 Å². The van der Waals surface area contributed by atoms with Crippen molar-refractivity contribution in [1.82, 2.24) is 9.80 Å². The Morgan fingerprint density at radius 2 is 1.70 bits per heavy atom. The first-order valence-electron chi connectivity index (χ1n) is 6.96. The first kappa shape index (κ1) is 15.3. The largest absolute Gasteiger partial charge is 0.480 e. The van der Waals surface area contributed by atoms with E-state index in [9.17, 15) is 4.79 Å². The van der Waals surface area contributed by atoms with Crippen molar-refractivity contribution in [3.63, 3.8) is 0 Å². The highest BCUT2D eigenvalue weighted by molar-refractivity contribution is 6.31. The van der Waals surface area contributed by atoms with Gasteiger partial charge in [0.15, 0.2) is 0 Å². The Morgan fingerprint density at radius 1 is 1.15 bits per heavy atom. The van der Waals surface area contributed by atoms with E-state index >= 15 is 0 Å². The van der Waals surface area contributed by atoms with Gasteiger partial charge in [-0.15, -0.1) is 0 Å². The van der Waals surface area contributed by atoms with Crippen molar-refractivity contribution < 1.29 is 9.90 Å². The highest BCUT2D eigenvalue weighted by Gasteiger charge is 2.27. The Kier molecular flexibility index (Phi) is 5.02. The van der Waals surface area contributed by atoms with Crippen molar-refractivity contribution in [3.05, 3.63) is 34.9 Å². The summed E-state index contributed by atoms with van der Waals surface area (Å²) >= 11 is 6.24. The number of carboxylic acid groups (broad SMARTS) is 1. The molecule has 0 radical (unpaired) electrons. The van der Waals surface area contributed by atoms with Crippen LogP contribution in [0.3, 0.4) is 0 Å². The Labute approximate surface area is 124 Å². The summed E-state index contributed by atoms with van der Waals surface area (Å²) in [6, 6.07) is 7.75. The lowest BCUT2D eigenvalue weighted by molar-refractivity contribution is -0.143. The molecule has 1 saturated heterocycles. The molecule has 1 heterocycles. The molecule has 2 atom stereocenters. The molecular formula is C15H21ClN2O2. The summed E-state index contributed by atoms with van der Waals surface area (Å²) in [7, 11) is 0. The Hall–Kier alpha value is -1.10. The summed E-state index contributed by atoms with van der Waals surface area (Å²) in [4.78, 5) is 15.4.